The number of carbonyl (C=O) groups excluding carboxylic acids is 2. The van der Waals surface area contributed by atoms with Gasteiger partial charge in [-0.25, -0.2) is 24.2 Å². The van der Waals surface area contributed by atoms with E-state index in [2.05, 4.69) is 20.4 Å². The molecule has 4 heterocycles. The van der Waals surface area contributed by atoms with Crippen LogP contribution in [-0.4, -0.2) is 82.1 Å². The van der Waals surface area contributed by atoms with Gasteiger partial charge in [0.05, 0.1) is 17.6 Å². The summed E-state index contributed by atoms with van der Waals surface area (Å²) in [4.78, 5) is 35.7. The van der Waals surface area contributed by atoms with E-state index in [0.29, 0.717) is 19.5 Å². The highest BCUT2D eigenvalue weighted by Gasteiger charge is 2.62. The van der Waals surface area contributed by atoms with E-state index in [0.717, 1.165) is 0 Å². The summed E-state index contributed by atoms with van der Waals surface area (Å²) in [6, 6.07) is 8.36. The van der Waals surface area contributed by atoms with Gasteiger partial charge in [0.15, 0.2) is 10.8 Å². The molecule has 1 atom stereocenters. The number of amides is 2. The maximum Gasteiger partial charge on any atom is 0.410 e. The van der Waals surface area contributed by atoms with E-state index >= 15 is 0 Å². The fourth-order valence-corrected chi connectivity index (χ4v) is 6.88. The van der Waals surface area contributed by atoms with Crippen molar-refractivity contribution in [1.29, 1.82) is 0 Å². The number of hydrogen-bond donors (Lipinski definition) is 2. The molecule has 1 aliphatic carbocycles. The van der Waals surface area contributed by atoms with Gasteiger partial charge in [-0.1, -0.05) is 17.7 Å². The molecule has 1 aliphatic heterocycles. The van der Waals surface area contributed by atoms with E-state index in [1.807, 2.05) is 18.6 Å². The van der Waals surface area contributed by atoms with E-state index in [4.69, 9.17) is 21.1 Å². The molecule has 3 aromatic heterocycles. The van der Waals surface area contributed by atoms with Crippen LogP contribution >= 0.6 is 11.6 Å². The Kier molecular flexibility index (Phi) is 10.1. The molecule has 2 amide bonds. The van der Waals surface area contributed by atoms with Crippen molar-refractivity contribution in [3.63, 3.8) is 0 Å². The third-order valence-electron chi connectivity index (χ3n) is 8.53. The third kappa shape index (κ3) is 8.60. The third-order valence-corrected chi connectivity index (χ3v) is 10.1. The van der Waals surface area contributed by atoms with E-state index in [1.54, 1.807) is 31.7 Å². The van der Waals surface area contributed by atoms with Crippen LogP contribution in [0.15, 0.2) is 47.6 Å². The number of nitrogens with one attached hydrogen (secondary N) is 2. The number of pyridine rings is 2. The van der Waals surface area contributed by atoms with Crippen LogP contribution in [0, 0.1) is 11.3 Å². The fraction of sp³-hybridized carbons (Fsp3) is 0.531. The minimum atomic E-state index is -4.43. The lowest BCUT2D eigenvalue weighted by Crippen LogP contribution is -2.45. The van der Waals surface area contributed by atoms with Crippen LogP contribution in [0.4, 0.5) is 23.8 Å². The van der Waals surface area contributed by atoms with Gasteiger partial charge in [0.25, 0.3) is 15.9 Å². The second kappa shape index (κ2) is 13.5. The standard InChI is InChI=1S/C32H39ClF3N7O6S/c1-29(2,3)49-28(45)42-19-20(17-30(42,4)5)18-37-22-7-6-8-25(38-22)50(46,47)41-27(44)21-9-10-23(39-26(21)33)43-15-11-24(40-43)48-16-14-31(12-13-31)32(34,35)36/h6-11,15,20H,12-14,16-19H2,1-5H3,(H,37,38)(H,41,44). The van der Waals surface area contributed by atoms with Gasteiger partial charge < -0.3 is 19.7 Å². The Balaban J connectivity index is 1.17. The Hall–Kier alpha value is -4.12. The normalized spacial score (nSPS) is 18.4. The molecule has 2 fully saturated rings. The van der Waals surface area contributed by atoms with E-state index < -0.39 is 49.8 Å². The van der Waals surface area contributed by atoms with Crippen molar-refractivity contribution in [3.8, 4) is 11.7 Å². The zero-order valence-corrected chi connectivity index (χ0v) is 29.7. The number of likely N-dealkylation sites (tertiary alicyclic amines) is 1. The van der Waals surface area contributed by atoms with Gasteiger partial charge in [0.1, 0.15) is 16.6 Å². The molecule has 0 spiro atoms. The molecule has 0 aromatic carbocycles. The van der Waals surface area contributed by atoms with E-state index in [1.165, 1.54) is 41.2 Å². The average molecular weight is 742 g/mol. The predicted molar refractivity (Wildman–Crippen MR) is 177 cm³/mol. The summed E-state index contributed by atoms with van der Waals surface area (Å²) in [5, 5.41) is 6.53. The summed E-state index contributed by atoms with van der Waals surface area (Å²) in [7, 11) is -4.43. The summed E-state index contributed by atoms with van der Waals surface area (Å²) in [5.74, 6) is -0.525. The molecule has 0 radical (unpaired) electrons. The first-order valence-electron chi connectivity index (χ1n) is 15.9. The number of ether oxygens (including phenoxy) is 2. The largest absolute Gasteiger partial charge is 0.477 e. The Morgan fingerprint density at radius 1 is 1.08 bits per heavy atom. The van der Waals surface area contributed by atoms with Crippen LogP contribution in [0.3, 0.4) is 0 Å². The number of aromatic nitrogens is 4. The lowest BCUT2D eigenvalue weighted by atomic mass is 9.96. The van der Waals surface area contributed by atoms with Gasteiger partial charge in [0, 0.05) is 30.9 Å². The number of carbonyl (C=O) groups is 2. The van der Waals surface area contributed by atoms with Crippen molar-refractivity contribution in [2.45, 2.75) is 82.6 Å². The Morgan fingerprint density at radius 3 is 2.44 bits per heavy atom. The molecule has 13 nitrogen and oxygen atoms in total. The van der Waals surface area contributed by atoms with Crippen molar-refractivity contribution in [2.24, 2.45) is 11.3 Å². The smallest absolute Gasteiger partial charge is 0.410 e. The predicted octanol–water partition coefficient (Wildman–Crippen LogP) is 5.99. The summed E-state index contributed by atoms with van der Waals surface area (Å²) in [6.07, 6.45) is -2.55. The van der Waals surface area contributed by atoms with Crippen LogP contribution in [-0.2, 0) is 14.8 Å². The fourth-order valence-electron chi connectivity index (χ4n) is 5.71. The number of nitrogens with zero attached hydrogens (tertiary/aromatic N) is 5. The minimum absolute atomic E-state index is 0.0379. The van der Waals surface area contributed by atoms with Gasteiger partial charge >= 0.3 is 12.3 Å². The van der Waals surface area contributed by atoms with Crippen LogP contribution in [0.25, 0.3) is 5.82 Å². The number of alkyl halides is 3. The van der Waals surface area contributed by atoms with Gasteiger partial charge in [-0.15, -0.1) is 5.10 Å². The van der Waals surface area contributed by atoms with Crippen molar-refractivity contribution in [1.82, 2.24) is 29.4 Å². The second-order valence-electron chi connectivity index (χ2n) is 14.1. The SMILES string of the molecule is CC(C)(C)OC(=O)N1CC(CNc2cccc(S(=O)(=O)NC(=O)c3ccc(-n4ccc(OCCC5(C(F)(F)F)CC5)n4)nc3Cl)n2)CC1(C)C. The maximum absolute atomic E-state index is 13.2. The zero-order chi connectivity index (χ0) is 36.7. The van der Waals surface area contributed by atoms with E-state index in [-0.39, 0.29) is 60.0 Å². The molecule has 18 heteroatoms. The second-order valence-corrected chi connectivity index (χ2v) is 16.1. The summed E-state index contributed by atoms with van der Waals surface area (Å²) < 4.78 is 79.9. The monoisotopic (exact) mass is 741 g/mol. The number of hydrogen-bond acceptors (Lipinski definition) is 10. The van der Waals surface area contributed by atoms with Gasteiger partial charge in [0.2, 0.25) is 5.88 Å². The van der Waals surface area contributed by atoms with Crippen molar-refractivity contribution in [2.75, 3.05) is 25.0 Å². The average Bonchev–Trinajstić information content (AvgIpc) is 3.54. The molecular formula is C32H39ClF3N7O6S. The minimum Gasteiger partial charge on any atom is -0.477 e. The molecule has 1 saturated carbocycles. The summed E-state index contributed by atoms with van der Waals surface area (Å²) in [6.45, 7) is 10.0. The molecule has 1 unspecified atom stereocenters. The molecule has 272 valence electrons. The maximum atomic E-state index is 13.2. The number of anilines is 1. The Bertz CT molecular complexity index is 1860. The van der Waals surface area contributed by atoms with Crippen LogP contribution in [0.1, 0.15) is 70.7 Å². The molecule has 50 heavy (non-hydrogen) atoms. The lowest BCUT2D eigenvalue weighted by Gasteiger charge is -2.33. The summed E-state index contributed by atoms with van der Waals surface area (Å²) in [5.41, 5.74) is -3.00. The first kappa shape index (κ1) is 37.1. The molecule has 2 aliphatic rings. The molecule has 0 bridgehead atoms. The van der Waals surface area contributed by atoms with Crippen LogP contribution in [0.5, 0.6) is 5.88 Å². The molecular weight excluding hydrogens is 703 g/mol. The number of sulfonamides is 1. The molecule has 3 aromatic rings. The van der Waals surface area contributed by atoms with Crippen molar-refractivity contribution in [3.05, 3.63) is 53.3 Å². The van der Waals surface area contributed by atoms with Crippen LogP contribution in [0.2, 0.25) is 5.15 Å². The summed E-state index contributed by atoms with van der Waals surface area (Å²) >= 11 is 6.25. The highest BCUT2D eigenvalue weighted by atomic mass is 35.5. The molecule has 5 rings (SSSR count). The topological polar surface area (TPSA) is 158 Å². The van der Waals surface area contributed by atoms with Gasteiger partial charge in [-0.3, -0.25) is 4.79 Å². The number of halogens is 4. The highest BCUT2D eigenvalue weighted by molar-refractivity contribution is 7.90. The van der Waals surface area contributed by atoms with Gasteiger partial charge in [-0.2, -0.15) is 21.6 Å². The highest BCUT2D eigenvalue weighted by Crippen LogP contribution is 2.59. The van der Waals surface area contributed by atoms with Crippen molar-refractivity contribution >= 4 is 39.4 Å². The molecule has 1 saturated heterocycles. The van der Waals surface area contributed by atoms with Gasteiger partial charge in [-0.05, 0) is 90.5 Å². The Labute approximate surface area is 292 Å². The quantitative estimate of drug-likeness (QED) is 0.224. The Morgan fingerprint density at radius 2 is 1.80 bits per heavy atom. The van der Waals surface area contributed by atoms with E-state index in [9.17, 15) is 31.2 Å². The zero-order valence-electron chi connectivity index (χ0n) is 28.2. The first-order chi connectivity index (χ1) is 23.2. The van der Waals surface area contributed by atoms with Crippen LogP contribution < -0.4 is 14.8 Å². The lowest BCUT2D eigenvalue weighted by molar-refractivity contribution is -0.190. The first-order valence-corrected chi connectivity index (χ1v) is 17.8. The van der Waals surface area contributed by atoms with Crippen molar-refractivity contribution < 1.29 is 40.7 Å². The number of rotatable bonds is 11. The molecule has 2 N–H and O–H groups in total.